The van der Waals surface area contributed by atoms with Crippen molar-refractivity contribution in [3.8, 4) is 11.5 Å². The van der Waals surface area contributed by atoms with Gasteiger partial charge in [-0.3, -0.25) is 0 Å². The van der Waals surface area contributed by atoms with Crippen molar-refractivity contribution in [3.05, 3.63) is 67.5 Å². The summed E-state index contributed by atoms with van der Waals surface area (Å²) in [6, 6.07) is 8.36. The van der Waals surface area contributed by atoms with Crippen molar-refractivity contribution in [2.75, 3.05) is 6.79 Å². The van der Waals surface area contributed by atoms with Crippen LogP contribution in [0.5, 0.6) is 11.5 Å². The zero-order chi connectivity index (χ0) is 18.3. The molecule has 0 fully saturated rings. The van der Waals surface area contributed by atoms with Gasteiger partial charge in [-0.25, -0.2) is 4.79 Å². The largest absolute Gasteiger partial charge is 0.487 e. The maximum atomic E-state index is 11.6. The first-order valence-electron chi connectivity index (χ1n) is 7.90. The second kappa shape index (κ2) is 6.83. The fourth-order valence-electron chi connectivity index (χ4n) is 2.95. The summed E-state index contributed by atoms with van der Waals surface area (Å²) in [4.78, 5) is 11.6. The van der Waals surface area contributed by atoms with Crippen molar-refractivity contribution in [3.63, 3.8) is 0 Å². The molecule has 0 bridgehead atoms. The summed E-state index contributed by atoms with van der Waals surface area (Å²) < 4.78 is 22.0. The molecule has 134 valence electrons. The van der Waals surface area contributed by atoms with Gasteiger partial charge in [-0.15, -0.1) is 0 Å². The van der Waals surface area contributed by atoms with Gasteiger partial charge in [0.25, 0.3) is 0 Å². The van der Waals surface area contributed by atoms with E-state index in [2.05, 4.69) is 0 Å². The van der Waals surface area contributed by atoms with E-state index in [4.69, 9.17) is 41.8 Å². The first-order valence-corrected chi connectivity index (χ1v) is 8.65. The highest BCUT2D eigenvalue weighted by Gasteiger charge is 2.17. The van der Waals surface area contributed by atoms with Gasteiger partial charge < -0.3 is 18.6 Å². The van der Waals surface area contributed by atoms with Gasteiger partial charge in [0.2, 0.25) is 0 Å². The molecule has 0 amide bonds. The van der Waals surface area contributed by atoms with Gasteiger partial charge in [-0.2, -0.15) is 0 Å². The smallest absolute Gasteiger partial charge is 0.336 e. The third-order valence-electron chi connectivity index (χ3n) is 4.14. The zero-order valence-corrected chi connectivity index (χ0v) is 15.3. The molecular formula is C19H14Cl2O5. The Morgan fingerprint density at radius 1 is 1.15 bits per heavy atom. The fourth-order valence-corrected chi connectivity index (χ4v) is 3.43. The van der Waals surface area contributed by atoms with Crippen molar-refractivity contribution in [1.29, 1.82) is 0 Å². The minimum absolute atomic E-state index is 0.183. The van der Waals surface area contributed by atoms with E-state index < -0.39 is 5.63 Å². The minimum Gasteiger partial charge on any atom is -0.487 e. The van der Waals surface area contributed by atoms with Crippen LogP contribution < -0.4 is 15.1 Å². The molecule has 0 radical (unpaired) electrons. The SMILES string of the molecule is Cc1cc(=O)oc2cc(OCc3cc(Cl)cc4c3OCOC4)c(Cl)cc12. The predicted molar refractivity (Wildman–Crippen MR) is 98.3 cm³/mol. The van der Waals surface area contributed by atoms with Gasteiger partial charge in [0.1, 0.15) is 23.7 Å². The fraction of sp³-hybridized carbons (Fsp3) is 0.211. The van der Waals surface area contributed by atoms with Crippen molar-refractivity contribution in [2.24, 2.45) is 0 Å². The number of hydrogen-bond donors (Lipinski definition) is 0. The average Bonchev–Trinajstić information content (AvgIpc) is 2.60. The standard InChI is InChI=1S/C19H14Cl2O5/c1-10-2-18(22)26-16-6-17(15(21)5-14(10)16)24-8-12-4-13(20)3-11-7-23-9-25-19(11)12/h2-6H,7-9H2,1H3. The molecule has 0 aliphatic carbocycles. The molecule has 4 rings (SSSR count). The molecule has 0 N–H and O–H groups in total. The monoisotopic (exact) mass is 392 g/mol. The number of fused-ring (bicyclic) bond motifs is 2. The van der Waals surface area contributed by atoms with Crippen LogP contribution in [0.3, 0.4) is 0 Å². The summed E-state index contributed by atoms with van der Waals surface area (Å²) >= 11 is 12.5. The quantitative estimate of drug-likeness (QED) is 0.596. The van der Waals surface area contributed by atoms with E-state index in [0.717, 1.165) is 22.1 Å². The zero-order valence-electron chi connectivity index (χ0n) is 13.8. The molecule has 26 heavy (non-hydrogen) atoms. The number of hydrogen-bond acceptors (Lipinski definition) is 5. The lowest BCUT2D eigenvalue weighted by molar-refractivity contribution is -0.0175. The highest BCUT2D eigenvalue weighted by Crippen LogP contribution is 2.35. The van der Waals surface area contributed by atoms with Gasteiger partial charge in [0, 0.05) is 33.7 Å². The van der Waals surface area contributed by atoms with Crippen molar-refractivity contribution >= 4 is 34.2 Å². The lowest BCUT2D eigenvalue weighted by Crippen LogP contribution is -2.14. The lowest BCUT2D eigenvalue weighted by atomic mass is 10.1. The topological polar surface area (TPSA) is 57.9 Å². The average molecular weight is 393 g/mol. The van der Waals surface area contributed by atoms with Crippen LogP contribution in [-0.4, -0.2) is 6.79 Å². The van der Waals surface area contributed by atoms with Crippen LogP contribution >= 0.6 is 23.2 Å². The lowest BCUT2D eigenvalue weighted by Gasteiger charge is -2.21. The second-order valence-electron chi connectivity index (χ2n) is 5.98. The van der Waals surface area contributed by atoms with Gasteiger partial charge in [-0.1, -0.05) is 23.2 Å². The molecule has 1 aromatic heterocycles. The van der Waals surface area contributed by atoms with E-state index in [1.807, 2.05) is 6.92 Å². The summed E-state index contributed by atoms with van der Waals surface area (Å²) in [7, 11) is 0. The van der Waals surface area contributed by atoms with Crippen LogP contribution in [-0.2, 0) is 18.0 Å². The molecule has 0 atom stereocenters. The number of rotatable bonds is 3. The number of benzene rings is 2. The molecule has 0 spiro atoms. The highest BCUT2D eigenvalue weighted by atomic mass is 35.5. The Morgan fingerprint density at radius 3 is 2.85 bits per heavy atom. The number of aryl methyl sites for hydroxylation is 1. The van der Waals surface area contributed by atoms with E-state index in [9.17, 15) is 4.79 Å². The van der Waals surface area contributed by atoms with E-state index in [1.54, 1.807) is 24.3 Å². The molecule has 0 saturated carbocycles. The molecule has 1 aliphatic heterocycles. The summed E-state index contributed by atoms with van der Waals surface area (Å²) in [6.07, 6.45) is 0. The number of halogens is 2. The summed E-state index contributed by atoms with van der Waals surface area (Å²) in [5.74, 6) is 1.12. The molecule has 7 heteroatoms. The van der Waals surface area contributed by atoms with Crippen LogP contribution in [0, 0.1) is 6.92 Å². The molecular weight excluding hydrogens is 379 g/mol. The first kappa shape index (κ1) is 17.2. The minimum atomic E-state index is -0.416. The Kier molecular flexibility index (Phi) is 4.53. The van der Waals surface area contributed by atoms with Crippen LogP contribution in [0.4, 0.5) is 0 Å². The van der Waals surface area contributed by atoms with Crippen LogP contribution in [0.15, 0.2) is 39.5 Å². The molecule has 0 unspecified atom stereocenters. The first-order chi connectivity index (χ1) is 12.5. The molecule has 1 aliphatic rings. The maximum Gasteiger partial charge on any atom is 0.336 e. The Balaban J connectivity index is 1.67. The summed E-state index contributed by atoms with van der Waals surface area (Å²) in [5.41, 5.74) is 2.46. The Hall–Kier alpha value is -2.21. The van der Waals surface area contributed by atoms with Gasteiger partial charge in [0.05, 0.1) is 11.6 Å². The third-order valence-corrected chi connectivity index (χ3v) is 4.65. The van der Waals surface area contributed by atoms with E-state index in [0.29, 0.717) is 33.7 Å². The summed E-state index contributed by atoms with van der Waals surface area (Å²) in [5, 5.41) is 1.76. The van der Waals surface area contributed by atoms with Gasteiger partial charge in [-0.05, 0) is 30.7 Å². The Morgan fingerprint density at radius 2 is 2.00 bits per heavy atom. The Bertz CT molecular complexity index is 1060. The van der Waals surface area contributed by atoms with Gasteiger partial charge >= 0.3 is 5.63 Å². The van der Waals surface area contributed by atoms with Crippen molar-refractivity contribution in [1.82, 2.24) is 0 Å². The molecule has 0 saturated heterocycles. The van der Waals surface area contributed by atoms with E-state index >= 15 is 0 Å². The normalized spacial score (nSPS) is 13.3. The van der Waals surface area contributed by atoms with Crippen molar-refractivity contribution < 1.29 is 18.6 Å². The van der Waals surface area contributed by atoms with Crippen LogP contribution in [0.25, 0.3) is 11.0 Å². The second-order valence-corrected chi connectivity index (χ2v) is 6.82. The molecule has 2 aromatic carbocycles. The van der Waals surface area contributed by atoms with Crippen LogP contribution in [0.1, 0.15) is 16.7 Å². The molecule has 2 heterocycles. The molecule has 5 nitrogen and oxygen atoms in total. The Labute approximate surface area is 159 Å². The molecule has 3 aromatic rings. The summed E-state index contributed by atoms with van der Waals surface area (Å²) in [6.45, 7) is 2.64. The maximum absolute atomic E-state index is 11.6. The third kappa shape index (κ3) is 3.26. The van der Waals surface area contributed by atoms with Crippen molar-refractivity contribution in [2.45, 2.75) is 20.1 Å². The van der Waals surface area contributed by atoms with Crippen LogP contribution in [0.2, 0.25) is 10.0 Å². The number of ether oxygens (including phenoxy) is 3. The van der Waals surface area contributed by atoms with E-state index in [1.165, 1.54) is 6.07 Å². The van der Waals surface area contributed by atoms with E-state index in [-0.39, 0.29) is 13.4 Å². The highest BCUT2D eigenvalue weighted by molar-refractivity contribution is 6.32. The van der Waals surface area contributed by atoms with Gasteiger partial charge in [0.15, 0.2) is 6.79 Å². The predicted octanol–water partition coefficient (Wildman–Crippen LogP) is 4.85.